The Kier molecular flexibility index (Phi) is 3.14. The molecule has 1 aromatic heterocycles. The minimum Gasteiger partial charge on any atom is -0.478 e. The van der Waals surface area contributed by atoms with E-state index in [0.717, 1.165) is 11.4 Å². The van der Waals surface area contributed by atoms with Gasteiger partial charge in [0.2, 0.25) is 0 Å². The first-order valence-corrected chi connectivity index (χ1v) is 5.40. The lowest BCUT2D eigenvalue weighted by molar-refractivity contribution is 0.0698. The number of nitrogen functional groups attached to an aromatic ring is 1. The van der Waals surface area contributed by atoms with Crippen molar-refractivity contribution in [2.45, 2.75) is 6.92 Å². The van der Waals surface area contributed by atoms with E-state index in [1.807, 2.05) is 13.0 Å². The maximum absolute atomic E-state index is 11.1. The third-order valence-corrected chi connectivity index (χ3v) is 2.59. The minimum atomic E-state index is -1.02. The number of nitrogens with two attached hydrogens (primary N) is 1. The number of para-hydroxylation sites is 1. The molecule has 0 atom stereocenters. The van der Waals surface area contributed by atoms with Gasteiger partial charge in [-0.15, -0.1) is 0 Å². The number of hydrogen-bond donors (Lipinski definition) is 3. The Bertz CT molecular complexity index is 597. The third-order valence-electron chi connectivity index (χ3n) is 2.59. The summed E-state index contributed by atoms with van der Waals surface area (Å²) < 4.78 is 0. The monoisotopic (exact) mass is 243 g/mol. The second kappa shape index (κ2) is 4.75. The number of pyridine rings is 1. The fourth-order valence-electron chi connectivity index (χ4n) is 1.64. The number of carboxylic acids is 1. The van der Waals surface area contributed by atoms with Gasteiger partial charge in [-0.1, -0.05) is 6.07 Å². The Hall–Kier alpha value is -2.56. The second-order valence-corrected chi connectivity index (χ2v) is 3.84. The van der Waals surface area contributed by atoms with Gasteiger partial charge in [-0.2, -0.15) is 0 Å². The zero-order valence-corrected chi connectivity index (χ0v) is 9.84. The van der Waals surface area contributed by atoms with E-state index >= 15 is 0 Å². The van der Waals surface area contributed by atoms with Crippen LogP contribution in [0.1, 0.15) is 16.1 Å². The van der Waals surface area contributed by atoms with Crippen LogP contribution in [0.5, 0.6) is 0 Å². The number of aryl methyl sites for hydroxylation is 1. The summed E-state index contributed by atoms with van der Waals surface area (Å²) in [7, 11) is 0. The van der Waals surface area contributed by atoms with Gasteiger partial charge >= 0.3 is 5.97 Å². The van der Waals surface area contributed by atoms with Crippen LogP contribution in [0.15, 0.2) is 36.5 Å². The number of nitrogens with zero attached hydrogens (tertiary/aromatic N) is 1. The molecule has 0 aliphatic heterocycles. The summed E-state index contributed by atoms with van der Waals surface area (Å²) in [5, 5.41) is 12.1. The van der Waals surface area contributed by atoms with E-state index in [-0.39, 0.29) is 5.56 Å². The van der Waals surface area contributed by atoms with E-state index in [0.29, 0.717) is 11.4 Å². The molecule has 0 radical (unpaired) electrons. The Labute approximate surface area is 104 Å². The van der Waals surface area contributed by atoms with Crippen molar-refractivity contribution in [1.29, 1.82) is 0 Å². The van der Waals surface area contributed by atoms with Gasteiger partial charge in [-0.05, 0) is 31.2 Å². The zero-order valence-electron chi connectivity index (χ0n) is 9.84. The average molecular weight is 243 g/mol. The summed E-state index contributed by atoms with van der Waals surface area (Å²) >= 11 is 0. The van der Waals surface area contributed by atoms with Crippen LogP contribution in [-0.4, -0.2) is 16.1 Å². The molecule has 2 aromatic rings. The molecule has 0 amide bonds. The smallest absolute Gasteiger partial charge is 0.337 e. The molecule has 1 aromatic carbocycles. The summed E-state index contributed by atoms with van der Waals surface area (Å²) in [6.07, 6.45) is 1.67. The summed E-state index contributed by atoms with van der Waals surface area (Å²) in [6, 6.07) is 8.36. The lowest BCUT2D eigenvalue weighted by atomic mass is 10.1. The molecule has 0 aliphatic carbocycles. The van der Waals surface area contributed by atoms with Crippen molar-refractivity contribution in [2.75, 3.05) is 11.1 Å². The van der Waals surface area contributed by atoms with Crippen LogP contribution < -0.4 is 11.1 Å². The van der Waals surface area contributed by atoms with Crippen molar-refractivity contribution >= 4 is 23.0 Å². The van der Waals surface area contributed by atoms with E-state index in [2.05, 4.69) is 10.3 Å². The first kappa shape index (κ1) is 11.9. The van der Waals surface area contributed by atoms with E-state index < -0.39 is 5.97 Å². The molecular formula is C13H13N3O2. The third kappa shape index (κ3) is 2.24. The molecule has 2 rings (SSSR count). The number of aromatic carboxylic acids is 1. The number of rotatable bonds is 3. The molecule has 18 heavy (non-hydrogen) atoms. The molecular weight excluding hydrogens is 230 g/mol. The highest BCUT2D eigenvalue weighted by atomic mass is 16.4. The molecule has 4 N–H and O–H groups in total. The van der Waals surface area contributed by atoms with Crippen LogP contribution in [-0.2, 0) is 0 Å². The number of aromatic nitrogens is 1. The summed E-state index contributed by atoms with van der Waals surface area (Å²) in [5.74, 6) is -1.02. The summed E-state index contributed by atoms with van der Waals surface area (Å²) in [5.41, 5.74) is 8.23. The van der Waals surface area contributed by atoms with Gasteiger partial charge < -0.3 is 16.2 Å². The highest BCUT2D eigenvalue weighted by Crippen LogP contribution is 2.28. The van der Waals surface area contributed by atoms with Gasteiger partial charge in [0.1, 0.15) is 0 Å². The van der Waals surface area contributed by atoms with Crippen LogP contribution in [0, 0.1) is 6.92 Å². The molecule has 0 fully saturated rings. The van der Waals surface area contributed by atoms with Gasteiger partial charge in [0.25, 0.3) is 0 Å². The molecule has 0 aliphatic rings. The maximum atomic E-state index is 11.1. The van der Waals surface area contributed by atoms with Crippen molar-refractivity contribution in [3.8, 4) is 0 Å². The van der Waals surface area contributed by atoms with E-state index in [9.17, 15) is 4.79 Å². The van der Waals surface area contributed by atoms with Gasteiger partial charge in [-0.3, -0.25) is 4.98 Å². The van der Waals surface area contributed by atoms with Gasteiger partial charge in [-0.25, -0.2) is 4.79 Å². The zero-order chi connectivity index (χ0) is 13.1. The lowest BCUT2D eigenvalue weighted by Crippen LogP contribution is -2.06. The first-order chi connectivity index (χ1) is 8.59. The van der Waals surface area contributed by atoms with Crippen molar-refractivity contribution in [1.82, 2.24) is 4.98 Å². The largest absolute Gasteiger partial charge is 0.478 e. The average Bonchev–Trinajstić information content (AvgIpc) is 2.34. The van der Waals surface area contributed by atoms with Gasteiger partial charge in [0.05, 0.1) is 28.3 Å². The van der Waals surface area contributed by atoms with Gasteiger partial charge in [0, 0.05) is 6.20 Å². The molecule has 0 saturated carbocycles. The van der Waals surface area contributed by atoms with Crippen LogP contribution in [0.4, 0.5) is 17.1 Å². The summed E-state index contributed by atoms with van der Waals surface area (Å²) in [6.45, 7) is 1.84. The molecule has 0 spiro atoms. The van der Waals surface area contributed by atoms with E-state index in [1.54, 1.807) is 24.4 Å². The number of carboxylic acid groups (broad SMARTS) is 1. The number of anilines is 3. The van der Waals surface area contributed by atoms with Crippen molar-refractivity contribution in [2.24, 2.45) is 0 Å². The second-order valence-electron chi connectivity index (χ2n) is 3.84. The highest BCUT2D eigenvalue weighted by Gasteiger charge is 2.13. The summed E-state index contributed by atoms with van der Waals surface area (Å²) in [4.78, 5) is 15.3. The van der Waals surface area contributed by atoms with Gasteiger partial charge in [0.15, 0.2) is 0 Å². The molecule has 0 saturated heterocycles. The fourth-order valence-corrected chi connectivity index (χ4v) is 1.64. The minimum absolute atomic E-state index is 0.137. The standard InChI is InChI=1S/C13H13N3O2/c1-8-11(6-3-7-15-8)16-12-9(13(17)18)4-2-5-10(12)14/h2-7,16H,14H2,1H3,(H,17,18). The number of carbonyl (C=O) groups is 1. The molecule has 5 heteroatoms. The molecule has 0 unspecified atom stereocenters. The van der Waals surface area contributed by atoms with E-state index in [4.69, 9.17) is 10.8 Å². The Morgan fingerprint density at radius 2 is 2.11 bits per heavy atom. The molecule has 92 valence electrons. The molecule has 5 nitrogen and oxygen atoms in total. The lowest BCUT2D eigenvalue weighted by Gasteiger charge is -2.13. The normalized spacial score (nSPS) is 10.1. The number of hydrogen-bond acceptors (Lipinski definition) is 4. The number of benzene rings is 1. The van der Waals surface area contributed by atoms with Crippen molar-refractivity contribution < 1.29 is 9.90 Å². The molecule has 1 heterocycles. The predicted octanol–water partition coefficient (Wildman–Crippen LogP) is 2.41. The maximum Gasteiger partial charge on any atom is 0.337 e. The Morgan fingerprint density at radius 1 is 1.33 bits per heavy atom. The van der Waals surface area contributed by atoms with Crippen LogP contribution >= 0.6 is 0 Å². The van der Waals surface area contributed by atoms with Crippen LogP contribution in [0.3, 0.4) is 0 Å². The Morgan fingerprint density at radius 3 is 2.78 bits per heavy atom. The van der Waals surface area contributed by atoms with Crippen molar-refractivity contribution in [3.63, 3.8) is 0 Å². The molecule has 0 bridgehead atoms. The number of nitrogens with one attached hydrogen (secondary N) is 1. The first-order valence-electron chi connectivity index (χ1n) is 5.40. The van der Waals surface area contributed by atoms with Crippen LogP contribution in [0.25, 0.3) is 0 Å². The van der Waals surface area contributed by atoms with Crippen LogP contribution in [0.2, 0.25) is 0 Å². The Balaban J connectivity index is 2.46. The quantitative estimate of drug-likeness (QED) is 0.720. The topological polar surface area (TPSA) is 88.2 Å². The van der Waals surface area contributed by atoms with E-state index in [1.165, 1.54) is 6.07 Å². The van der Waals surface area contributed by atoms with Crippen molar-refractivity contribution in [3.05, 3.63) is 47.8 Å². The fraction of sp³-hybridized carbons (Fsp3) is 0.0769. The highest BCUT2D eigenvalue weighted by molar-refractivity contribution is 5.98. The SMILES string of the molecule is Cc1ncccc1Nc1c(N)cccc1C(=O)O. The predicted molar refractivity (Wildman–Crippen MR) is 70.1 cm³/mol.